The summed E-state index contributed by atoms with van der Waals surface area (Å²) < 4.78 is 49.2. The molecule has 4 nitrogen and oxygen atoms in total. The number of carbonyl (C=O) groups is 1. The third kappa shape index (κ3) is 6.08. The van der Waals surface area contributed by atoms with Gasteiger partial charge in [-0.15, -0.1) is 0 Å². The Morgan fingerprint density at radius 2 is 1.81 bits per heavy atom. The summed E-state index contributed by atoms with van der Waals surface area (Å²) >= 11 is 5.32. The van der Waals surface area contributed by atoms with E-state index in [9.17, 15) is 23.2 Å². The van der Waals surface area contributed by atoms with Crippen LogP contribution in [0.1, 0.15) is 26.9 Å². The summed E-state index contributed by atoms with van der Waals surface area (Å²) in [6.45, 7) is 3.30. The second-order valence-electron chi connectivity index (χ2n) is 7.77. The molecule has 0 aromatic heterocycles. The number of para-hydroxylation sites is 1. The molecular formula is C23H20ClF3NNaO3. The molecule has 3 unspecified atom stereocenters. The molecule has 9 heteroatoms. The average molecular weight is 474 g/mol. The number of alkyl halides is 3. The largest absolute Gasteiger partial charge is 1.00 e. The number of hydrogen-bond donors (Lipinski definition) is 0. The number of nitrogens with zero attached hydrogens (tertiary/aromatic N) is 1. The zero-order valence-corrected chi connectivity index (χ0v) is 20.4. The van der Waals surface area contributed by atoms with E-state index in [2.05, 4.69) is 0 Å². The van der Waals surface area contributed by atoms with Gasteiger partial charge in [0.25, 0.3) is 0 Å². The van der Waals surface area contributed by atoms with E-state index >= 15 is 0 Å². The number of carbonyl (C=O) groups excluding carboxylic acids is 1. The Morgan fingerprint density at radius 1 is 1.19 bits per heavy atom. The monoisotopic (exact) mass is 473 g/mol. The molecular weight excluding hydrogens is 454 g/mol. The van der Waals surface area contributed by atoms with Crippen LogP contribution in [0.3, 0.4) is 0 Å². The Kier molecular flexibility index (Phi) is 8.46. The van der Waals surface area contributed by atoms with Gasteiger partial charge < -0.3 is 10.9 Å². The zero-order valence-electron chi connectivity index (χ0n) is 18.7. The Bertz CT molecular complexity index is 1040. The molecule has 1 aliphatic rings. The number of esters is 1. The van der Waals surface area contributed by atoms with E-state index in [1.54, 1.807) is 50.2 Å². The van der Waals surface area contributed by atoms with Crippen LogP contribution in [0.2, 0.25) is 0 Å². The summed E-state index contributed by atoms with van der Waals surface area (Å²) in [5.41, 5.74) is -0.371. The number of ether oxygens (including phenoxy) is 2. The predicted octanol–water partition coefficient (Wildman–Crippen LogP) is 3.66. The Morgan fingerprint density at radius 3 is 2.41 bits per heavy atom. The van der Waals surface area contributed by atoms with E-state index in [0.717, 1.165) is 6.08 Å². The minimum atomic E-state index is -4.68. The fourth-order valence-electron chi connectivity index (χ4n) is 3.42. The third-order valence-electron chi connectivity index (χ3n) is 5.25. The van der Waals surface area contributed by atoms with Crippen LogP contribution < -0.4 is 34.3 Å². The van der Waals surface area contributed by atoms with Crippen molar-refractivity contribution in [3.8, 4) is 17.6 Å². The van der Waals surface area contributed by atoms with Gasteiger partial charge in [-0.1, -0.05) is 61.9 Å². The normalized spacial score (nSPS) is 20.3. The van der Waals surface area contributed by atoms with Gasteiger partial charge in [-0.25, -0.2) is 0 Å². The van der Waals surface area contributed by atoms with Gasteiger partial charge in [0.15, 0.2) is 0 Å². The molecule has 0 radical (unpaired) electrons. The van der Waals surface area contributed by atoms with E-state index in [4.69, 9.17) is 21.1 Å². The molecule has 1 aliphatic carbocycles. The number of nitriles is 1. The van der Waals surface area contributed by atoms with Crippen molar-refractivity contribution in [3.05, 3.63) is 71.3 Å². The number of benzene rings is 2. The Balaban J connectivity index is 0.00000272. The summed E-state index contributed by atoms with van der Waals surface area (Å²) in [5, 5.41) is 8.23. The van der Waals surface area contributed by atoms with E-state index in [-0.39, 0.29) is 31.0 Å². The second-order valence-corrected chi connectivity index (χ2v) is 8.18. The molecule has 0 N–H and O–H groups in total. The van der Waals surface area contributed by atoms with Gasteiger partial charge >= 0.3 is 41.7 Å². The fourth-order valence-corrected chi connectivity index (χ4v) is 3.55. The van der Waals surface area contributed by atoms with Gasteiger partial charge in [-0.3, -0.25) is 4.79 Å². The Labute approximate surface area is 212 Å². The molecule has 1 fully saturated rings. The molecule has 0 aliphatic heterocycles. The van der Waals surface area contributed by atoms with Crippen molar-refractivity contribution >= 4 is 17.6 Å². The molecule has 0 spiro atoms. The summed E-state index contributed by atoms with van der Waals surface area (Å²) in [7, 11) is 0. The number of rotatable bonds is 6. The molecule has 1 saturated carbocycles. The van der Waals surface area contributed by atoms with Crippen LogP contribution in [-0.4, -0.2) is 12.1 Å². The van der Waals surface area contributed by atoms with E-state index < -0.39 is 40.5 Å². The van der Waals surface area contributed by atoms with E-state index in [1.165, 1.54) is 0 Å². The maximum Gasteiger partial charge on any atom is 1.00 e. The number of halogens is 4. The standard InChI is InChI=1S/C23H19ClF3NO3.Na.H/c1-22(2)17(12-19(24)23(25,26)27)20(22)21(29)31-18(13-28)14-7-6-10-16(11-14)30-15-8-4-3-5-9-15;;/h3-12,17-18,20H,1-2H3;;/q;+1;-1/b19-12-;;. The third-order valence-corrected chi connectivity index (χ3v) is 5.59. The van der Waals surface area contributed by atoms with Crippen molar-refractivity contribution < 1.29 is 58.4 Å². The van der Waals surface area contributed by atoms with Gasteiger partial charge in [0.1, 0.15) is 22.6 Å². The quantitative estimate of drug-likeness (QED) is 0.474. The van der Waals surface area contributed by atoms with Crippen molar-refractivity contribution in [1.82, 2.24) is 0 Å². The van der Waals surface area contributed by atoms with Crippen molar-refractivity contribution in [2.45, 2.75) is 26.1 Å². The van der Waals surface area contributed by atoms with Crippen LogP contribution in [0, 0.1) is 28.6 Å². The molecule has 2 aromatic carbocycles. The first kappa shape index (κ1) is 26.3. The number of hydrogen-bond acceptors (Lipinski definition) is 4. The van der Waals surface area contributed by atoms with Gasteiger partial charge in [0.2, 0.25) is 6.10 Å². The van der Waals surface area contributed by atoms with Crippen molar-refractivity contribution in [3.63, 3.8) is 0 Å². The summed E-state index contributed by atoms with van der Waals surface area (Å²) in [4.78, 5) is 12.6. The first-order valence-corrected chi connectivity index (χ1v) is 9.79. The smallest absolute Gasteiger partial charge is 1.00 e. The first-order chi connectivity index (χ1) is 14.5. The van der Waals surface area contributed by atoms with Crippen LogP contribution in [0.5, 0.6) is 11.5 Å². The van der Waals surface area contributed by atoms with Crippen LogP contribution in [-0.2, 0) is 9.53 Å². The molecule has 3 rings (SSSR count). The maximum absolute atomic E-state index is 12.7. The molecule has 3 atom stereocenters. The van der Waals surface area contributed by atoms with Crippen molar-refractivity contribution in [2.24, 2.45) is 17.3 Å². The van der Waals surface area contributed by atoms with Gasteiger partial charge in [-0.05, 0) is 35.6 Å². The minimum absolute atomic E-state index is 0. The van der Waals surface area contributed by atoms with E-state index in [0.29, 0.717) is 17.1 Å². The second kappa shape index (κ2) is 10.3. The van der Waals surface area contributed by atoms with Gasteiger partial charge in [-0.2, -0.15) is 18.4 Å². The molecule has 0 bridgehead atoms. The van der Waals surface area contributed by atoms with Crippen LogP contribution in [0.4, 0.5) is 13.2 Å². The summed E-state index contributed by atoms with van der Waals surface area (Å²) in [5.74, 6) is -1.27. The van der Waals surface area contributed by atoms with Gasteiger partial charge in [0, 0.05) is 5.56 Å². The molecule has 164 valence electrons. The predicted molar refractivity (Wildman–Crippen MR) is 109 cm³/mol. The van der Waals surface area contributed by atoms with Crippen LogP contribution in [0.15, 0.2) is 65.7 Å². The van der Waals surface area contributed by atoms with Gasteiger partial charge in [0.05, 0.1) is 5.92 Å². The molecule has 0 saturated heterocycles. The topological polar surface area (TPSA) is 59.3 Å². The number of allylic oxidation sites excluding steroid dienone is 2. The van der Waals surface area contributed by atoms with Crippen molar-refractivity contribution in [1.29, 1.82) is 5.26 Å². The Hall–Kier alpha value is -1.98. The SMILES string of the molecule is CC1(C)C(/C=C(\Cl)C(F)(F)F)C1C(=O)OC(C#N)c1cccc(Oc2ccccc2)c1.[H-].[Na+]. The molecule has 0 amide bonds. The minimum Gasteiger partial charge on any atom is -1.00 e. The zero-order chi connectivity index (χ0) is 22.8. The summed E-state index contributed by atoms with van der Waals surface area (Å²) in [6, 6.07) is 17.4. The fraction of sp³-hybridized carbons (Fsp3) is 0.304. The van der Waals surface area contributed by atoms with Crippen LogP contribution >= 0.6 is 11.6 Å². The first-order valence-electron chi connectivity index (χ1n) is 9.41. The average Bonchev–Trinajstić information content (AvgIpc) is 3.26. The van der Waals surface area contributed by atoms with E-state index in [1.807, 2.05) is 24.3 Å². The summed E-state index contributed by atoms with van der Waals surface area (Å²) in [6.07, 6.45) is -5.07. The molecule has 2 aromatic rings. The molecule has 32 heavy (non-hydrogen) atoms. The van der Waals surface area contributed by atoms with Crippen molar-refractivity contribution in [2.75, 3.05) is 0 Å². The van der Waals surface area contributed by atoms with Crippen LogP contribution in [0.25, 0.3) is 0 Å². The maximum atomic E-state index is 12.7. The molecule has 0 heterocycles.